The zero-order valence-corrected chi connectivity index (χ0v) is 9.40. The zero-order valence-electron chi connectivity index (χ0n) is 7.68. The Morgan fingerprint density at radius 2 is 1.40 bits per heavy atom. The van der Waals surface area contributed by atoms with Gasteiger partial charge in [0.25, 0.3) is 0 Å². The standard InChI is InChI=1S/C8H20N.BrH/c1-5-8-9(4,6-2)7-3;/h5-8H2,1-4H3;1H/q+1;. The molecule has 0 aliphatic rings. The Kier molecular flexibility index (Phi) is 8.06. The van der Waals surface area contributed by atoms with Gasteiger partial charge in [-0.05, 0) is 20.3 Å². The molecule has 64 valence electrons. The highest BCUT2D eigenvalue weighted by atomic mass is 79.9. The molecule has 0 aromatic heterocycles. The highest BCUT2D eigenvalue weighted by Gasteiger charge is 2.13. The summed E-state index contributed by atoms with van der Waals surface area (Å²) in [5, 5.41) is 0. The van der Waals surface area contributed by atoms with Crippen LogP contribution in [0.25, 0.3) is 0 Å². The summed E-state index contributed by atoms with van der Waals surface area (Å²) in [7, 11) is 2.32. The van der Waals surface area contributed by atoms with Gasteiger partial charge in [0.05, 0.1) is 26.7 Å². The van der Waals surface area contributed by atoms with Gasteiger partial charge in [0.15, 0.2) is 0 Å². The molecular weight excluding hydrogens is 190 g/mol. The van der Waals surface area contributed by atoms with Gasteiger partial charge in [0, 0.05) is 0 Å². The van der Waals surface area contributed by atoms with E-state index in [2.05, 4.69) is 27.8 Å². The topological polar surface area (TPSA) is 0 Å². The van der Waals surface area contributed by atoms with E-state index in [0.29, 0.717) is 0 Å². The molecular formula is C8H21BrN+. The van der Waals surface area contributed by atoms with E-state index in [-0.39, 0.29) is 17.0 Å². The molecule has 0 N–H and O–H groups in total. The number of hydrogen-bond donors (Lipinski definition) is 0. The SMILES string of the molecule is Br.CCC[N+](C)(CC)CC. The van der Waals surface area contributed by atoms with Crippen molar-refractivity contribution in [2.75, 3.05) is 26.7 Å². The Morgan fingerprint density at radius 3 is 1.50 bits per heavy atom. The summed E-state index contributed by atoms with van der Waals surface area (Å²) in [5.74, 6) is 0. The van der Waals surface area contributed by atoms with E-state index < -0.39 is 0 Å². The summed E-state index contributed by atoms with van der Waals surface area (Å²) in [4.78, 5) is 0. The summed E-state index contributed by atoms with van der Waals surface area (Å²) in [5.41, 5.74) is 0. The molecule has 0 unspecified atom stereocenters. The number of quaternary nitrogens is 1. The van der Waals surface area contributed by atoms with Crippen LogP contribution in [0.3, 0.4) is 0 Å². The van der Waals surface area contributed by atoms with E-state index in [1.165, 1.54) is 30.5 Å². The molecule has 0 atom stereocenters. The molecule has 0 saturated carbocycles. The summed E-state index contributed by atoms with van der Waals surface area (Å²) in [6, 6.07) is 0. The van der Waals surface area contributed by atoms with Crippen molar-refractivity contribution in [3.8, 4) is 0 Å². The van der Waals surface area contributed by atoms with Crippen LogP contribution >= 0.6 is 17.0 Å². The van der Waals surface area contributed by atoms with E-state index in [1.54, 1.807) is 0 Å². The fourth-order valence-corrected chi connectivity index (χ4v) is 1.08. The van der Waals surface area contributed by atoms with E-state index >= 15 is 0 Å². The van der Waals surface area contributed by atoms with Gasteiger partial charge in [-0.1, -0.05) is 6.92 Å². The van der Waals surface area contributed by atoms with Crippen LogP contribution in [0.1, 0.15) is 27.2 Å². The van der Waals surface area contributed by atoms with Gasteiger partial charge in [-0.3, -0.25) is 0 Å². The third-order valence-electron chi connectivity index (χ3n) is 2.29. The molecule has 0 aromatic carbocycles. The predicted molar refractivity (Wildman–Crippen MR) is 52.7 cm³/mol. The summed E-state index contributed by atoms with van der Waals surface area (Å²) >= 11 is 0. The maximum absolute atomic E-state index is 2.32. The number of halogens is 1. The fraction of sp³-hybridized carbons (Fsp3) is 1.00. The van der Waals surface area contributed by atoms with Gasteiger partial charge in [0.1, 0.15) is 0 Å². The monoisotopic (exact) mass is 210 g/mol. The third-order valence-corrected chi connectivity index (χ3v) is 2.29. The molecule has 0 aliphatic heterocycles. The Labute approximate surface area is 75.8 Å². The number of rotatable bonds is 4. The van der Waals surface area contributed by atoms with Crippen molar-refractivity contribution in [1.82, 2.24) is 0 Å². The molecule has 0 aliphatic carbocycles. The maximum Gasteiger partial charge on any atom is 0.0781 e. The summed E-state index contributed by atoms with van der Waals surface area (Å²) in [6.45, 7) is 10.6. The average Bonchev–Trinajstić information content (AvgIpc) is 1.89. The van der Waals surface area contributed by atoms with Gasteiger partial charge in [-0.2, -0.15) is 0 Å². The van der Waals surface area contributed by atoms with Crippen LogP contribution in [0.2, 0.25) is 0 Å². The van der Waals surface area contributed by atoms with Gasteiger partial charge in [-0.25, -0.2) is 0 Å². The molecule has 0 radical (unpaired) electrons. The molecule has 2 heteroatoms. The van der Waals surface area contributed by atoms with Crippen molar-refractivity contribution in [1.29, 1.82) is 0 Å². The van der Waals surface area contributed by atoms with E-state index in [1.807, 2.05) is 0 Å². The smallest absolute Gasteiger partial charge is 0.0781 e. The van der Waals surface area contributed by atoms with Gasteiger partial charge >= 0.3 is 0 Å². The van der Waals surface area contributed by atoms with E-state index in [4.69, 9.17) is 0 Å². The second-order valence-corrected chi connectivity index (χ2v) is 2.98. The second-order valence-electron chi connectivity index (χ2n) is 2.98. The van der Waals surface area contributed by atoms with E-state index in [0.717, 1.165) is 0 Å². The first-order valence-electron chi connectivity index (χ1n) is 4.02. The van der Waals surface area contributed by atoms with E-state index in [9.17, 15) is 0 Å². The molecule has 10 heavy (non-hydrogen) atoms. The average molecular weight is 211 g/mol. The van der Waals surface area contributed by atoms with Crippen LogP contribution in [-0.4, -0.2) is 31.2 Å². The van der Waals surface area contributed by atoms with Gasteiger partial charge < -0.3 is 4.48 Å². The molecule has 0 saturated heterocycles. The minimum Gasteiger partial charge on any atom is -0.327 e. The Hall–Kier alpha value is 0.440. The lowest BCUT2D eigenvalue weighted by Gasteiger charge is -2.31. The lowest BCUT2D eigenvalue weighted by molar-refractivity contribution is -0.906. The first-order valence-corrected chi connectivity index (χ1v) is 4.02. The van der Waals surface area contributed by atoms with Crippen molar-refractivity contribution >= 4 is 17.0 Å². The van der Waals surface area contributed by atoms with Crippen molar-refractivity contribution < 1.29 is 4.48 Å². The largest absolute Gasteiger partial charge is 0.327 e. The van der Waals surface area contributed by atoms with Crippen molar-refractivity contribution in [2.24, 2.45) is 0 Å². The Morgan fingerprint density at radius 1 is 1.00 bits per heavy atom. The minimum atomic E-state index is 0. The molecule has 0 rings (SSSR count). The highest BCUT2D eigenvalue weighted by Crippen LogP contribution is 2.01. The first kappa shape index (κ1) is 13.1. The van der Waals surface area contributed by atoms with Gasteiger partial charge in [-0.15, -0.1) is 17.0 Å². The second kappa shape index (κ2) is 6.17. The quantitative estimate of drug-likeness (QED) is 0.626. The van der Waals surface area contributed by atoms with Crippen LogP contribution in [-0.2, 0) is 0 Å². The summed E-state index contributed by atoms with van der Waals surface area (Å²) in [6.07, 6.45) is 1.30. The highest BCUT2D eigenvalue weighted by molar-refractivity contribution is 8.93. The molecule has 0 fully saturated rings. The third kappa shape index (κ3) is 4.29. The van der Waals surface area contributed by atoms with Crippen molar-refractivity contribution in [2.45, 2.75) is 27.2 Å². The van der Waals surface area contributed by atoms with Crippen LogP contribution in [0, 0.1) is 0 Å². The Bertz CT molecular complexity index is 69.7. The maximum atomic E-state index is 2.32. The Balaban J connectivity index is 0. The lowest BCUT2D eigenvalue weighted by atomic mass is 10.3. The summed E-state index contributed by atoms with van der Waals surface area (Å²) < 4.78 is 1.23. The van der Waals surface area contributed by atoms with Crippen LogP contribution in [0.5, 0.6) is 0 Å². The van der Waals surface area contributed by atoms with Crippen molar-refractivity contribution in [3.05, 3.63) is 0 Å². The number of hydrogen-bond acceptors (Lipinski definition) is 0. The zero-order chi connectivity index (χ0) is 7.33. The van der Waals surface area contributed by atoms with Crippen LogP contribution < -0.4 is 0 Å². The molecule has 0 amide bonds. The molecule has 0 aromatic rings. The van der Waals surface area contributed by atoms with Crippen LogP contribution in [0.15, 0.2) is 0 Å². The molecule has 1 nitrogen and oxygen atoms in total. The number of nitrogens with zero attached hydrogens (tertiary/aromatic N) is 1. The minimum absolute atomic E-state index is 0. The van der Waals surface area contributed by atoms with Gasteiger partial charge in [0.2, 0.25) is 0 Å². The van der Waals surface area contributed by atoms with Crippen molar-refractivity contribution in [3.63, 3.8) is 0 Å². The molecule has 0 bridgehead atoms. The van der Waals surface area contributed by atoms with Crippen LogP contribution in [0.4, 0.5) is 0 Å². The molecule has 0 spiro atoms. The predicted octanol–water partition coefficient (Wildman–Crippen LogP) is 2.46. The normalized spacial score (nSPS) is 10.8. The fourth-order valence-electron chi connectivity index (χ4n) is 1.08. The first-order chi connectivity index (χ1) is 4.18. The molecule has 0 heterocycles. The lowest BCUT2D eigenvalue weighted by Crippen LogP contribution is -2.43.